The first-order valence-electron chi connectivity index (χ1n) is 9.01. The van der Waals surface area contributed by atoms with Gasteiger partial charge in [0.05, 0.1) is 19.9 Å². The molecule has 2 aromatic carbocycles. The lowest BCUT2D eigenvalue weighted by molar-refractivity contribution is -0.139. The van der Waals surface area contributed by atoms with Gasteiger partial charge in [-0.3, -0.25) is 9.59 Å². The Morgan fingerprint density at radius 3 is 2.50 bits per heavy atom. The zero-order valence-electron chi connectivity index (χ0n) is 16.3. The maximum absolute atomic E-state index is 11.8. The van der Waals surface area contributed by atoms with E-state index in [4.69, 9.17) is 9.47 Å². The predicted octanol–water partition coefficient (Wildman–Crippen LogP) is 2.56. The highest BCUT2D eigenvalue weighted by atomic mass is 16.5. The van der Waals surface area contributed by atoms with E-state index in [1.54, 1.807) is 25.3 Å². The van der Waals surface area contributed by atoms with Crippen LogP contribution in [0.5, 0.6) is 11.5 Å². The molecule has 0 saturated heterocycles. The first kappa shape index (κ1) is 21.0. The predicted molar refractivity (Wildman–Crippen MR) is 108 cm³/mol. The van der Waals surface area contributed by atoms with Crippen molar-refractivity contribution >= 4 is 18.0 Å². The van der Waals surface area contributed by atoms with Crippen LogP contribution >= 0.6 is 0 Å². The van der Waals surface area contributed by atoms with E-state index in [2.05, 4.69) is 15.8 Å². The SMILES string of the molecule is CCCOc1ccc(/C=N\NC(=O)C(=O)NCc2ccc(C)cc2)cc1OC. The van der Waals surface area contributed by atoms with E-state index in [0.29, 0.717) is 23.7 Å². The summed E-state index contributed by atoms with van der Waals surface area (Å²) in [4.78, 5) is 23.7. The molecule has 148 valence electrons. The van der Waals surface area contributed by atoms with Crippen molar-refractivity contribution in [3.05, 3.63) is 59.2 Å². The zero-order valence-corrected chi connectivity index (χ0v) is 16.3. The van der Waals surface area contributed by atoms with E-state index in [1.807, 2.05) is 38.1 Å². The van der Waals surface area contributed by atoms with Crippen LogP contribution in [0.15, 0.2) is 47.6 Å². The third kappa shape index (κ3) is 6.42. The van der Waals surface area contributed by atoms with Gasteiger partial charge in [0.25, 0.3) is 0 Å². The van der Waals surface area contributed by atoms with Crippen LogP contribution in [-0.4, -0.2) is 31.7 Å². The summed E-state index contributed by atoms with van der Waals surface area (Å²) in [6.07, 6.45) is 2.32. The minimum Gasteiger partial charge on any atom is -0.493 e. The summed E-state index contributed by atoms with van der Waals surface area (Å²) in [5, 5.41) is 6.37. The van der Waals surface area contributed by atoms with Crippen molar-refractivity contribution in [3.63, 3.8) is 0 Å². The van der Waals surface area contributed by atoms with Gasteiger partial charge in [0, 0.05) is 6.54 Å². The number of hydrogen-bond acceptors (Lipinski definition) is 5. The quantitative estimate of drug-likeness (QED) is 0.417. The smallest absolute Gasteiger partial charge is 0.329 e. The summed E-state index contributed by atoms with van der Waals surface area (Å²) >= 11 is 0. The topological polar surface area (TPSA) is 89.0 Å². The molecule has 7 heteroatoms. The van der Waals surface area contributed by atoms with Crippen LogP contribution in [0.4, 0.5) is 0 Å². The van der Waals surface area contributed by atoms with Gasteiger partial charge in [0.15, 0.2) is 11.5 Å². The second-order valence-electron chi connectivity index (χ2n) is 6.13. The number of benzene rings is 2. The van der Waals surface area contributed by atoms with Gasteiger partial charge in [-0.05, 0) is 42.7 Å². The zero-order chi connectivity index (χ0) is 20.4. The highest BCUT2D eigenvalue weighted by Gasteiger charge is 2.12. The maximum Gasteiger partial charge on any atom is 0.329 e. The Morgan fingerprint density at radius 2 is 1.82 bits per heavy atom. The molecule has 2 N–H and O–H groups in total. The van der Waals surface area contributed by atoms with Crippen LogP contribution in [0.3, 0.4) is 0 Å². The van der Waals surface area contributed by atoms with Crippen LogP contribution < -0.4 is 20.2 Å². The van der Waals surface area contributed by atoms with Gasteiger partial charge in [0.1, 0.15) is 0 Å². The number of carbonyl (C=O) groups is 2. The lowest BCUT2D eigenvalue weighted by Gasteiger charge is -2.10. The van der Waals surface area contributed by atoms with Crippen molar-refractivity contribution < 1.29 is 19.1 Å². The van der Waals surface area contributed by atoms with Crippen LogP contribution in [0.25, 0.3) is 0 Å². The monoisotopic (exact) mass is 383 g/mol. The molecule has 0 saturated carbocycles. The average molecular weight is 383 g/mol. The minimum absolute atomic E-state index is 0.271. The fraction of sp³-hybridized carbons (Fsp3) is 0.286. The van der Waals surface area contributed by atoms with E-state index < -0.39 is 11.8 Å². The van der Waals surface area contributed by atoms with Crippen molar-refractivity contribution in [2.45, 2.75) is 26.8 Å². The fourth-order valence-corrected chi connectivity index (χ4v) is 2.28. The van der Waals surface area contributed by atoms with Gasteiger partial charge in [-0.15, -0.1) is 0 Å². The Morgan fingerprint density at radius 1 is 1.07 bits per heavy atom. The number of hydrazone groups is 1. The molecule has 28 heavy (non-hydrogen) atoms. The molecule has 0 fully saturated rings. The van der Waals surface area contributed by atoms with Crippen molar-refractivity contribution in [1.29, 1.82) is 0 Å². The highest BCUT2D eigenvalue weighted by molar-refractivity contribution is 6.35. The second-order valence-corrected chi connectivity index (χ2v) is 6.13. The summed E-state index contributed by atoms with van der Waals surface area (Å²) in [6.45, 7) is 4.87. The maximum atomic E-state index is 11.8. The molecule has 0 spiro atoms. The molecular formula is C21H25N3O4. The van der Waals surface area contributed by atoms with Gasteiger partial charge < -0.3 is 14.8 Å². The molecule has 2 aromatic rings. The number of hydrogen-bond donors (Lipinski definition) is 2. The first-order valence-corrected chi connectivity index (χ1v) is 9.01. The lowest BCUT2D eigenvalue weighted by atomic mass is 10.1. The normalized spacial score (nSPS) is 10.5. The Hall–Kier alpha value is -3.35. The molecule has 0 aliphatic carbocycles. The molecule has 0 aliphatic rings. The Kier molecular flexibility index (Phi) is 8.02. The Labute approximate surface area is 164 Å². The van der Waals surface area contributed by atoms with Crippen molar-refractivity contribution in [2.75, 3.05) is 13.7 Å². The standard InChI is InChI=1S/C21H25N3O4/c1-4-11-28-18-10-9-17(12-19(18)27-3)14-23-24-21(26)20(25)22-13-16-7-5-15(2)6-8-16/h5-10,12,14H,4,11,13H2,1-3H3,(H,22,25)(H,24,26)/b23-14-. The molecule has 2 rings (SSSR count). The molecule has 0 aromatic heterocycles. The number of ether oxygens (including phenoxy) is 2. The van der Waals surface area contributed by atoms with E-state index in [1.165, 1.54) is 6.21 Å². The molecule has 7 nitrogen and oxygen atoms in total. The van der Waals surface area contributed by atoms with Crippen molar-refractivity contribution in [2.24, 2.45) is 5.10 Å². The fourth-order valence-electron chi connectivity index (χ4n) is 2.28. The number of nitrogens with zero attached hydrogens (tertiary/aromatic N) is 1. The minimum atomic E-state index is -0.835. The molecule has 0 aliphatic heterocycles. The van der Waals surface area contributed by atoms with Gasteiger partial charge in [-0.25, -0.2) is 5.43 Å². The van der Waals surface area contributed by atoms with Crippen LogP contribution in [0.1, 0.15) is 30.0 Å². The first-order chi connectivity index (χ1) is 13.5. The van der Waals surface area contributed by atoms with Crippen molar-refractivity contribution in [3.8, 4) is 11.5 Å². The number of methoxy groups -OCH3 is 1. The molecule has 0 radical (unpaired) electrons. The number of amides is 2. The molecular weight excluding hydrogens is 358 g/mol. The number of nitrogens with one attached hydrogen (secondary N) is 2. The third-order valence-corrected chi connectivity index (χ3v) is 3.81. The molecule has 0 atom stereocenters. The van der Waals surface area contributed by atoms with Gasteiger partial charge in [-0.1, -0.05) is 36.8 Å². The summed E-state index contributed by atoms with van der Waals surface area (Å²) in [6, 6.07) is 13.0. The molecule has 0 bridgehead atoms. The molecule has 0 heterocycles. The van der Waals surface area contributed by atoms with Crippen LogP contribution in [-0.2, 0) is 16.1 Å². The molecule has 0 unspecified atom stereocenters. The summed E-state index contributed by atoms with van der Waals surface area (Å²) in [5.74, 6) is -0.377. The van der Waals surface area contributed by atoms with Gasteiger partial charge in [0.2, 0.25) is 0 Å². The highest BCUT2D eigenvalue weighted by Crippen LogP contribution is 2.27. The molecule has 2 amide bonds. The Balaban J connectivity index is 1.86. The van der Waals surface area contributed by atoms with E-state index in [0.717, 1.165) is 17.5 Å². The van der Waals surface area contributed by atoms with Gasteiger partial charge >= 0.3 is 11.8 Å². The second kappa shape index (κ2) is 10.7. The summed E-state index contributed by atoms with van der Waals surface area (Å²) in [7, 11) is 1.55. The average Bonchev–Trinajstić information content (AvgIpc) is 2.71. The van der Waals surface area contributed by atoms with E-state index >= 15 is 0 Å². The van der Waals surface area contributed by atoms with E-state index in [9.17, 15) is 9.59 Å². The Bertz CT molecular complexity index is 832. The van der Waals surface area contributed by atoms with Crippen LogP contribution in [0, 0.1) is 6.92 Å². The number of aryl methyl sites for hydroxylation is 1. The number of rotatable bonds is 8. The van der Waals surface area contributed by atoms with Crippen LogP contribution in [0.2, 0.25) is 0 Å². The van der Waals surface area contributed by atoms with E-state index in [-0.39, 0.29) is 6.54 Å². The van der Waals surface area contributed by atoms with Gasteiger partial charge in [-0.2, -0.15) is 5.10 Å². The summed E-state index contributed by atoms with van der Waals surface area (Å²) in [5.41, 5.74) is 4.94. The summed E-state index contributed by atoms with van der Waals surface area (Å²) < 4.78 is 10.9. The lowest BCUT2D eigenvalue weighted by Crippen LogP contribution is -2.37. The van der Waals surface area contributed by atoms with Crippen molar-refractivity contribution in [1.82, 2.24) is 10.7 Å². The third-order valence-electron chi connectivity index (χ3n) is 3.81. The largest absolute Gasteiger partial charge is 0.493 e. The number of carbonyl (C=O) groups excluding carboxylic acids is 2.